The summed E-state index contributed by atoms with van der Waals surface area (Å²) in [5.74, 6) is 0.442. The lowest BCUT2D eigenvalue weighted by molar-refractivity contribution is 0.563. The molecule has 4 nitrogen and oxygen atoms in total. The van der Waals surface area contributed by atoms with Crippen LogP contribution in [0.5, 0.6) is 0 Å². The van der Waals surface area contributed by atoms with Crippen molar-refractivity contribution >= 4 is 17.4 Å². The second kappa shape index (κ2) is 3.68. The molecule has 0 spiro atoms. The normalized spacial score (nSPS) is 30.1. The molecule has 5 heteroatoms. The van der Waals surface area contributed by atoms with Crippen molar-refractivity contribution in [1.82, 2.24) is 10.6 Å². The molecule has 2 aliphatic rings. The number of rotatable bonds is 3. The molecular weight excluding hydrogens is 212 g/mol. The monoisotopic (exact) mass is 229 g/mol. The summed E-state index contributed by atoms with van der Waals surface area (Å²) in [6, 6.07) is 0. The predicted octanol–water partition coefficient (Wildman–Crippen LogP) is 0.885. The molecule has 0 radical (unpaired) electrons. The molecule has 0 amide bonds. The first-order valence-electron chi connectivity index (χ1n) is 5.63. The van der Waals surface area contributed by atoms with E-state index in [9.17, 15) is 0 Å². The van der Waals surface area contributed by atoms with Gasteiger partial charge in [-0.15, -0.1) is 0 Å². The van der Waals surface area contributed by atoms with E-state index in [-0.39, 0.29) is 11.7 Å². The second-order valence-electron chi connectivity index (χ2n) is 4.46. The zero-order valence-corrected chi connectivity index (χ0v) is 9.80. The molecule has 0 bridgehead atoms. The van der Waals surface area contributed by atoms with Gasteiger partial charge in [-0.25, -0.2) is 4.99 Å². The van der Waals surface area contributed by atoms with Gasteiger partial charge in [-0.1, -0.05) is 11.6 Å². The Hall–Kier alpha value is -0.740. The standard InChI is InChI=1S/C10H17ClN4/c1-6-14-8(11)7(9(12)15-6)5-13-10(2)3-4-10/h6,13-14H,3-5H2,1-2H3,(H2,12,15)/i/hD. The molecule has 84 valence electrons. The molecule has 2 rings (SSSR count). The SMILES string of the molecule is [2H]N1C(Cl)=C(CNC2(C)CC2)C(N)=NC1C. The van der Waals surface area contributed by atoms with Gasteiger partial charge < -0.3 is 16.4 Å². The van der Waals surface area contributed by atoms with Crippen molar-refractivity contribution in [2.45, 2.75) is 38.4 Å². The Kier molecular flexibility index (Phi) is 2.33. The average molecular weight is 230 g/mol. The molecule has 0 aromatic carbocycles. The smallest absolute Gasteiger partial charge is 0.163 e. The van der Waals surface area contributed by atoms with Crippen LogP contribution in [0.1, 0.15) is 26.7 Å². The molecule has 0 saturated heterocycles. The lowest BCUT2D eigenvalue weighted by Crippen LogP contribution is -2.39. The van der Waals surface area contributed by atoms with E-state index in [1.807, 2.05) is 0 Å². The number of hydrogen-bond donors (Lipinski definition) is 3. The van der Waals surface area contributed by atoms with Crippen molar-refractivity contribution in [2.75, 3.05) is 6.54 Å². The molecule has 1 aliphatic carbocycles. The van der Waals surface area contributed by atoms with Gasteiger partial charge in [-0.2, -0.15) is 0 Å². The highest BCUT2D eigenvalue weighted by Gasteiger charge is 2.37. The molecule has 4 N–H and O–H groups in total. The van der Waals surface area contributed by atoms with E-state index in [1.54, 1.807) is 6.92 Å². The minimum absolute atomic E-state index is 0.223. The summed E-state index contributed by atoms with van der Waals surface area (Å²) < 4.78 is 7.71. The van der Waals surface area contributed by atoms with Gasteiger partial charge in [0.2, 0.25) is 0 Å². The third-order valence-corrected chi connectivity index (χ3v) is 3.20. The number of nitrogens with two attached hydrogens (primary N) is 1. The van der Waals surface area contributed by atoms with Crippen LogP contribution < -0.4 is 16.4 Å². The van der Waals surface area contributed by atoms with Crippen LogP contribution in [0.15, 0.2) is 15.7 Å². The Morgan fingerprint density at radius 2 is 2.47 bits per heavy atom. The Balaban J connectivity index is 2.09. The molecule has 1 unspecified atom stereocenters. The summed E-state index contributed by atoms with van der Waals surface area (Å²) in [4.78, 5) is 4.17. The molecule has 1 saturated carbocycles. The number of halogens is 1. The summed E-state index contributed by atoms with van der Waals surface area (Å²) in [5, 5.41) is 4.94. The fraction of sp³-hybridized carbons (Fsp3) is 0.700. The summed E-state index contributed by atoms with van der Waals surface area (Å²) in [7, 11) is 0. The predicted molar refractivity (Wildman–Crippen MR) is 62.7 cm³/mol. The summed E-state index contributed by atoms with van der Waals surface area (Å²) >= 11 is 6.09. The van der Waals surface area contributed by atoms with Crippen molar-refractivity contribution in [2.24, 2.45) is 10.7 Å². The summed E-state index contributed by atoms with van der Waals surface area (Å²) in [6.07, 6.45) is 2.04. The molecule has 1 fully saturated rings. The van der Waals surface area contributed by atoms with Crippen molar-refractivity contribution < 1.29 is 1.41 Å². The third kappa shape index (κ3) is 2.44. The van der Waals surface area contributed by atoms with Gasteiger partial charge in [0.1, 0.15) is 17.2 Å². The minimum Gasteiger partial charge on any atom is -0.384 e. The molecule has 1 atom stereocenters. The van der Waals surface area contributed by atoms with Crippen LogP contribution in [-0.2, 0) is 0 Å². The molecule has 0 aromatic heterocycles. The van der Waals surface area contributed by atoms with Crippen LogP contribution in [0, 0.1) is 0 Å². The lowest BCUT2D eigenvalue weighted by Gasteiger charge is -2.22. The molecule has 1 aliphatic heterocycles. The van der Waals surface area contributed by atoms with Crippen LogP contribution in [0.25, 0.3) is 0 Å². The maximum atomic E-state index is 7.71. The van der Waals surface area contributed by atoms with E-state index in [0.717, 1.165) is 5.57 Å². The Morgan fingerprint density at radius 1 is 1.80 bits per heavy atom. The molecule has 0 aromatic rings. The van der Waals surface area contributed by atoms with E-state index in [4.69, 9.17) is 18.7 Å². The number of aliphatic imine (C=N–C) groups is 1. The average Bonchev–Trinajstić information content (AvgIpc) is 2.93. The van der Waals surface area contributed by atoms with Crippen molar-refractivity contribution in [1.29, 1.82) is 0 Å². The van der Waals surface area contributed by atoms with Crippen molar-refractivity contribution in [3.05, 3.63) is 10.7 Å². The van der Waals surface area contributed by atoms with E-state index < -0.39 is 0 Å². The first kappa shape index (κ1) is 9.48. The number of nitrogens with zero attached hydrogens (tertiary/aromatic N) is 1. The zero-order chi connectivity index (χ0) is 11.9. The van der Waals surface area contributed by atoms with Gasteiger partial charge in [0.25, 0.3) is 0 Å². The first-order chi connectivity index (χ1) is 7.43. The fourth-order valence-electron chi connectivity index (χ4n) is 1.49. The van der Waals surface area contributed by atoms with Gasteiger partial charge >= 0.3 is 0 Å². The number of amidine groups is 1. The second-order valence-corrected chi connectivity index (χ2v) is 4.82. The number of hydrogen-bond acceptors (Lipinski definition) is 4. The van der Waals surface area contributed by atoms with Gasteiger partial charge in [-0.3, -0.25) is 0 Å². The van der Waals surface area contributed by atoms with Gasteiger partial charge in [0.05, 0.1) is 0 Å². The Bertz CT molecular complexity index is 362. The van der Waals surface area contributed by atoms with Crippen molar-refractivity contribution in [3.63, 3.8) is 0 Å². The van der Waals surface area contributed by atoms with Crippen LogP contribution in [0.4, 0.5) is 0 Å². The van der Waals surface area contributed by atoms with Crippen LogP contribution in [-0.4, -0.2) is 24.1 Å². The maximum absolute atomic E-state index is 7.71. The highest BCUT2D eigenvalue weighted by molar-refractivity contribution is 6.32. The fourth-order valence-corrected chi connectivity index (χ4v) is 1.79. The van der Waals surface area contributed by atoms with Gasteiger partial charge in [-0.05, 0) is 26.7 Å². The van der Waals surface area contributed by atoms with Crippen LogP contribution >= 0.6 is 11.6 Å². The van der Waals surface area contributed by atoms with Crippen LogP contribution in [0.3, 0.4) is 0 Å². The van der Waals surface area contributed by atoms with Crippen molar-refractivity contribution in [3.8, 4) is 0 Å². The molecule has 1 heterocycles. The third-order valence-electron chi connectivity index (χ3n) is 2.88. The Morgan fingerprint density at radius 3 is 3.07 bits per heavy atom. The molecule has 15 heavy (non-hydrogen) atoms. The van der Waals surface area contributed by atoms with E-state index in [0.29, 0.717) is 17.5 Å². The molecular formula is C10H17ClN4. The highest BCUT2D eigenvalue weighted by atomic mass is 35.5. The highest BCUT2D eigenvalue weighted by Crippen LogP contribution is 2.34. The number of nitrogens with one attached hydrogen (secondary N) is 2. The van der Waals surface area contributed by atoms with E-state index in [1.165, 1.54) is 18.2 Å². The van der Waals surface area contributed by atoms with E-state index in [2.05, 4.69) is 17.2 Å². The van der Waals surface area contributed by atoms with Gasteiger partial charge in [0, 0.05) is 17.7 Å². The van der Waals surface area contributed by atoms with E-state index >= 15 is 0 Å². The zero-order valence-electron chi connectivity index (χ0n) is 10.0. The Labute approximate surface area is 96.4 Å². The first-order valence-corrected chi connectivity index (χ1v) is 5.56. The lowest BCUT2D eigenvalue weighted by atomic mass is 10.2. The largest absolute Gasteiger partial charge is 0.384 e. The maximum Gasteiger partial charge on any atom is 0.163 e. The van der Waals surface area contributed by atoms with Gasteiger partial charge in [0.15, 0.2) is 1.41 Å². The topological polar surface area (TPSA) is 62.4 Å². The minimum atomic E-state index is -0.312. The van der Waals surface area contributed by atoms with Crippen LogP contribution in [0.2, 0.25) is 1.41 Å². The quantitative estimate of drug-likeness (QED) is 0.630. The summed E-state index contributed by atoms with van der Waals surface area (Å²) in [5.41, 5.74) is 6.78. The summed E-state index contributed by atoms with van der Waals surface area (Å²) in [6.45, 7) is 4.53.